The maximum absolute atomic E-state index is 13.2. The van der Waals surface area contributed by atoms with Gasteiger partial charge in [0.05, 0.1) is 17.0 Å². The predicted molar refractivity (Wildman–Crippen MR) is 71.9 cm³/mol. The van der Waals surface area contributed by atoms with E-state index in [1.807, 2.05) is 6.92 Å². The molecule has 1 N–H and O–H groups in total. The molecule has 1 amide bonds. The first-order valence-corrected chi connectivity index (χ1v) is 6.80. The van der Waals surface area contributed by atoms with Gasteiger partial charge in [0.1, 0.15) is 5.82 Å². The molecule has 0 radical (unpaired) electrons. The average molecular weight is 300 g/mol. The van der Waals surface area contributed by atoms with E-state index in [0.29, 0.717) is 12.1 Å². The summed E-state index contributed by atoms with van der Waals surface area (Å²) in [5.41, 5.74) is 0.558. The van der Waals surface area contributed by atoms with Crippen LogP contribution in [0.4, 0.5) is 4.39 Å². The Morgan fingerprint density at radius 2 is 2.25 bits per heavy atom. The van der Waals surface area contributed by atoms with Crippen LogP contribution in [0.5, 0.6) is 0 Å². The van der Waals surface area contributed by atoms with Crippen LogP contribution in [0.2, 0.25) is 5.02 Å². The predicted octanol–water partition coefficient (Wildman–Crippen LogP) is 2.86. The molecule has 2 rings (SSSR count). The van der Waals surface area contributed by atoms with E-state index in [9.17, 15) is 19.1 Å². The molecule has 1 aliphatic rings. The Labute approximate surface area is 121 Å². The van der Waals surface area contributed by atoms with Crippen molar-refractivity contribution in [3.05, 3.63) is 34.6 Å². The molecule has 0 aromatic heterocycles. The number of carboxylic acids is 1. The summed E-state index contributed by atoms with van der Waals surface area (Å²) in [7, 11) is 0. The van der Waals surface area contributed by atoms with Crippen molar-refractivity contribution < 1.29 is 19.1 Å². The Hall–Kier alpha value is -1.62. The van der Waals surface area contributed by atoms with Gasteiger partial charge < -0.3 is 10.0 Å². The normalized spacial score (nSPS) is 22.4. The molecule has 0 saturated carbocycles. The first kappa shape index (κ1) is 14.8. The van der Waals surface area contributed by atoms with E-state index in [1.54, 1.807) is 4.90 Å². The maximum Gasteiger partial charge on any atom is 0.309 e. The van der Waals surface area contributed by atoms with Crippen molar-refractivity contribution in [2.45, 2.75) is 25.8 Å². The van der Waals surface area contributed by atoms with E-state index in [4.69, 9.17) is 11.6 Å². The number of nitrogens with zero attached hydrogens (tertiary/aromatic N) is 1. The molecule has 0 spiro atoms. The van der Waals surface area contributed by atoms with Gasteiger partial charge in [-0.3, -0.25) is 9.59 Å². The number of amides is 1. The first-order chi connectivity index (χ1) is 9.45. The summed E-state index contributed by atoms with van der Waals surface area (Å²) < 4.78 is 13.2. The van der Waals surface area contributed by atoms with Crippen LogP contribution in [-0.2, 0) is 9.59 Å². The minimum Gasteiger partial charge on any atom is -0.481 e. The zero-order valence-electron chi connectivity index (χ0n) is 11.0. The number of hydrogen-bond acceptors (Lipinski definition) is 2. The molecule has 1 aliphatic heterocycles. The monoisotopic (exact) mass is 299 g/mol. The number of carbonyl (C=O) groups is 2. The summed E-state index contributed by atoms with van der Waals surface area (Å²) >= 11 is 5.75. The van der Waals surface area contributed by atoms with Crippen LogP contribution in [0, 0.1) is 11.7 Å². The Bertz CT molecular complexity index is 549. The van der Waals surface area contributed by atoms with Crippen LogP contribution in [0.1, 0.15) is 31.4 Å². The van der Waals surface area contributed by atoms with E-state index in [-0.39, 0.29) is 17.4 Å². The number of rotatable bonds is 4. The Balaban J connectivity index is 2.43. The van der Waals surface area contributed by atoms with Gasteiger partial charge in [-0.2, -0.15) is 0 Å². The fourth-order valence-electron chi connectivity index (χ4n) is 2.63. The molecule has 1 aromatic carbocycles. The molecule has 1 saturated heterocycles. The number of carbonyl (C=O) groups excluding carboxylic acids is 1. The summed E-state index contributed by atoms with van der Waals surface area (Å²) in [6.07, 6.45) is 0.693. The average Bonchev–Trinajstić information content (AvgIpc) is 2.71. The number of benzene rings is 1. The number of aliphatic carboxylic acids is 1. The standard InChI is InChI=1S/C14H15ClFNO3/c1-2-5-17-12(18)7-9(14(19)20)13(17)8-3-4-11(16)10(15)6-8/h3-4,6,9,13H,2,5,7H2,1H3,(H,19,20). The second-order valence-electron chi connectivity index (χ2n) is 4.85. The molecule has 2 unspecified atom stereocenters. The molecule has 1 fully saturated rings. The molecule has 1 aromatic rings. The molecule has 20 heavy (non-hydrogen) atoms. The van der Waals surface area contributed by atoms with Crippen molar-refractivity contribution in [3.63, 3.8) is 0 Å². The molecule has 0 bridgehead atoms. The summed E-state index contributed by atoms with van der Waals surface area (Å²) in [6, 6.07) is 3.50. The van der Waals surface area contributed by atoms with E-state index in [1.165, 1.54) is 18.2 Å². The number of hydrogen-bond donors (Lipinski definition) is 1. The van der Waals surface area contributed by atoms with E-state index in [0.717, 1.165) is 6.42 Å². The third kappa shape index (κ3) is 2.63. The van der Waals surface area contributed by atoms with E-state index in [2.05, 4.69) is 0 Å². The van der Waals surface area contributed by atoms with Gasteiger partial charge in [-0.05, 0) is 24.1 Å². The molecule has 2 atom stereocenters. The lowest BCUT2D eigenvalue weighted by atomic mass is 9.93. The summed E-state index contributed by atoms with van der Waals surface area (Å²) in [5.74, 6) is -2.60. The van der Waals surface area contributed by atoms with E-state index < -0.39 is 23.7 Å². The second kappa shape index (κ2) is 5.79. The van der Waals surface area contributed by atoms with Gasteiger partial charge in [-0.1, -0.05) is 24.6 Å². The zero-order chi connectivity index (χ0) is 14.9. The lowest BCUT2D eigenvalue weighted by molar-refractivity contribution is -0.142. The van der Waals surface area contributed by atoms with Gasteiger partial charge in [0.2, 0.25) is 5.91 Å². The second-order valence-corrected chi connectivity index (χ2v) is 5.26. The molecule has 1 heterocycles. The zero-order valence-corrected chi connectivity index (χ0v) is 11.7. The largest absolute Gasteiger partial charge is 0.481 e. The molecule has 0 aliphatic carbocycles. The quantitative estimate of drug-likeness (QED) is 0.930. The van der Waals surface area contributed by atoms with E-state index >= 15 is 0 Å². The minimum atomic E-state index is -1.03. The topological polar surface area (TPSA) is 57.6 Å². The fourth-order valence-corrected chi connectivity index (χ4v) is 2.81. The van der Waals surface area contributed by atoms with Gasteiger partial charge in [-0.25, -0.2) is 4.39 Å². The van der Waals surface area contributed by atoms with Crippen molar-refractivity contribution in [2.75, 3.05) is 6.54 Å². The number of halogens is 2. The van der Waals surface area contributed by atoms with Gasteiger partial charge in [0.15, 0.2) is 0 Å². The van der Waals surface area contributed by atoms with Crippen molar-refractivity contribution in [1.82, 2.24) is 4.90 Å². The highest BCUT2D eigenvalue weighted by Gasteiger charge is 2.44. The van der Waals surface area contributed by atoms with Crippen molar-refractivity contribution in [1.29, 1.82) is 0 Å². The summed E-state index contributed by atoms with van der Waals surface area (Å²) in [4.78, 5) is 24.9. The molecular formula is C14H15ClFNO3. The molecule has 4 nitrogen and oxygen atoms in total. The van der Waals surface area contributed by atoms with Crippen LogP contribution in [0.3, 0.4) is 0 Å². The van der Waals surface area contributed by atoms with Crippen LogP contribution in [0.25, 0.3) is 0 Å². The van der Waals surface area contributed by atoms with Gasteiger partial charge in [0, 0.05) is 13.0 Å². The lowest BCUT2D eigenvalue weighted by Gasteiger charge is -2.27. The smallest absolute Gasteiger partial charge is 0.309 e. The Morgan fingerprint density at radius 1 is 1.55 bits per heavy atom. The third-order valence-electron chi connectivity index (χ3n) is 3.50. The van der Waals surface area contributed by atoms with Gasteiger partial charge in [0.25, 0.3) is 0 Å². The highest BCUT2D eigenvalue weighted by atomic mass is 35.5. The minimum absolute atomic E-state index is 0.0327. The van der Waals surface area contributed by atoms with Crippen LogP contribution in [0.15, 0.2) is 18.2 Å². The van der Waals surface area contributed by atoms with Crippen LogP contribution in [-0.4, -0.2) is 28.4 Å². The van der Waals surface area contributed by atoms with Crippen LogP contribution >= 0.6 is 11.6 Å². The molecular weight excluding hydrogens is 285 g/mol. The number of likely N-dealkylation sites (tertiary alicyclic amines) is 1. The Morgan fingerprint density at radius 3 is 2.80 bits per heavy atom. The maximum atomic E-state index is 13.2. The highest BCUT2D eigenvalue weighted by Crippen LogP contribution is 2.39. The molecule has 108 valence electrons. The van der Waals surface area contributed by atoms with Gasteiger partial charge >= 0.3 is 5.97 Å². The highest BCUT2D eigenvalue weighted by molar-refractivity contribution is 6.30. The van der Waals surface area contributed by atoms with Crippen LogP contribution < -0.4 is 0 Å². The Kier molecular flexibility index (Phi) is 4.28. The lowest BCUT2D eigenvalue weighted by Crippen LogP contribution is -2.31. The summed E-state index contributed by atoms with van der Waals surface area (Å²) in [6.45, 7) is 2.39. The summed E-state index contributed by atoms with van der Waals surface area (Å²) in [5, 5.41) is 9.22. The first-order valence-electron chi connectivity index (χ1n) is 6.43. The van der Waals surface area contributed by atoms with Crippen molar-refractivity contribution in [2.24, 2.45) is 5.92 Å². The fraction of sp³-hybridized carbons (Fsp3) is 0.429. The number of carboxylic acid groups (broad SMARTS) is 1. The molecule has 6 heteroatoms. The van der Waals surface area contributed by atoms with Crippen molar-refractivity contribution >= 4 is 23.5 Å². The third-order valence-corrected chi connectivity index (χ3v) is 3.79. The van der Waals surface area contributed by atoms with Crippen molar-refractivity contribution in [3.8, 4) is 0 Å². The SMILES string of the molecule is CCCN1C(=O)CC(C(=O)O)C1c1ccc(F)c(Cl)c1. The van der Waals surface area contributed by atoms with Gasteiger partial charge in [-0.15, -0.1) is 0 Å².